The van der Waals surface area contributed by atoms with E-state index in [1.165, 1.54) is 16.8 Å². The molecule has 0 N–H and O–H groups in total. The van der Waals surface area contributed by atoms with Gasteiger partial charge in [0.15, 0.2) is 6.61 Å². The van der Waals surface area contributed by atoms with Crippen LogP contribution in [0.1, 0.15) is 11.4 Å². The monoisotopic (exact) mass is 481 g/mol. The third-order valence-electron chi connectivity index (χ3n) is 5.40. The minimum atomic E-state index is -3.94. The SMILES string of the molecule is Cc1nn(C)c(C)c1N(C(=O)COc1ccc2c(-c3ccccc3)cc(=O)oc2c1)S(C)(=O)=O. The lowest BCUT2D eigenvalue weighted by Gasteiger charge is -2.21. The van der Waals surface area contributed by atoms with Crippen molar-refractivity contribution in [3.05, 3.63) is 76.4 Å². The molecule has 9 nitrogen and oxygen atoms in total. The fourth-order valence-corrected chi connectivity index (χ4v) is 4.84. The first-order valence-corrected chi connectivity index (χ1v) is 12.2. The van der Waals surface area contributed by atoms with Gasteiger partial charge in [-0.2, -0.15) is 5.10 Å². The smallest absolute Gasteiger partial charge is 0.336 e. The highest BCUT2D eigenvalue weighted by Crippen LogP contribution is 2.30. The molecule has 0 saturated heterocycles. The maximum atomic E-state index is 12.9. The molecule has 0 atom stereocenters. The second-order valence-electron chi connectivity index (χ2n) is 7.86. The fraction of sp³-hybridized carbons (Fsp3) is 0.208. The van der Waals surface area contributed by atoms with Crippen LogP contribution in [0.4, 0.5) is 5.69 Å². The van der Waals surface area contributed by atoms with E-state index in [0.717, 1.165) is 11.8 Å². The number of fused-ring (bicyclic) bond motifs is 1. The van der Waals surface area contributed by atoms with Crippen LogP contribution >= 0.6 is 0 Å². The Balaban J connectivity index is 1.64. The third-order valence-corrected chi connectivity index (χ3v) is 6.44. The van der Waals surface area contributed by atoms with Crippen molar-refractivity contribution < 1.29 is 22.4 Å². The van der Waals surface area contributed by atoms with Crippen LogP contribution < -0.4 is 14.7 Å². The van der Waals surface area contributed by atoms with Crippen molar-refractivity contribution in [3.63, 3.8) is 0 Å². The van der Waals surface area contributed by atoms with E-state index in [9.17, 15) is 18.0 Å². The molecule has 0 radical (unpaired) electrons. The number of nitrogens with zero attached hydrogens (tertiary/aromatic N) is 3. The highest BCUT2D eigenvalue weighted by atomic mass is 32.2. The van der Waals surface area contributed by atoms with Crippen LogP contribution in [0.3, 0.4) is 0 Å². The molecule has 34 heavy (non-hydrogen) atoms. The van der Waals surface area contributed by atoms with Crippen molar-refractivity contribution >= 4 is 32.6 Å². The van der Waals surface area contributed by atoms with E-state index in [2.05, 4.69) is 5.10 Å². The summed E-state index contributed by atoms with van der Waals surface area (Å²) in [5.41, 5.74) is 2.46. The van der Waals surface area contributed by atoms with Gasteiger partial charge in [-0.1, -0.05) is 30.3 Å². The van der Waals surface area contributed by atoms with Crippen molar-refractivity contribution in [1.82, 2.24) is 9.78 Å². The van der Waals surface area contributed by atoms with E-state index in [1.54, 1.807) is 33.0 Å². The third kappa shape index (κ3) is 4.44. The molecule has 1 amide bonds. The lowest BCUT2D eigenvalue weighted by atomic mass is 10.0. The van der Waals surface area contributed by atoms with Crippen molar-refractivity contribution in [2.24, 2.45) is 7.05 Å². The highest BCUT2D eigenvalue weighted by Gasteiger charge is 2.31. The molecule has 0 spiro atoms. The van der Waals surface area contributed by atoms with Gasteiger partial charge >= 0.3 is 5.63 Å². The molecule has 0 unspecified atom stereocenters. The van der Waals surface area contributed by atoms with Gasteiger partial charge in [-0.05, 0) is 37.1 Å². The Bertz CT molecular complexity index is 1560. The van der Waals surface area contributed by atoms with Crippen LogP contribution in [0, 0.1) is 13.8 Å². The number of anilines is 1. The largest absolute Gasteiger partial charge is 0.484 e. The minimum absolute atomic E-state index is 0.204. The van der Waals surface area contributed by atoms with Crippen LogP contribution in [0.5, 0.6) is 5.75 Å². The topological polar surface area (TPSA) is 112 Å². The fourth-order valence-electron chi connectivity index (χ4n) is 3.82. The Kier molecular flexibility index (Phi) is 6.01. The van der Waals surface area contributed by atoms with Gasteiger partial charge in [0, 0.05) is 24.6 Å². The van der Waals surface area contributed by atoms with Crippen LogP contribution in [0.15, 0.2) is 63.8 Å². The van der Waals surface area contributed by atoms with Crippen molar-refractivity contribution in [2.75, 3.05) is 17.2 Å². The van der Waals surface area contributed by atoms with Gasteiger partial charge in [-0.15, -0.1) is 0 Å². The molecule has 0 bridgehead atoms. The second-order valence-corrected chi connectivity index (χ2v) is 9.69. The number of carbonyl (C=O) groups excluding carboxylic acids is 1. The maximum Gasteiger partial charge on any atom is 0.336 e. The summed E-state index contributed by atoms with van der Waals surface area (Å²) in [5, 5.41) is 4.89. The average Bonchev–Trinajstić information content (AvgIpc) is 3.03. The zero-order valence-corrected chi connectivity index (χ0v) is 19.9. The molecule has 0 fully saturated rings. The van der Waals surface area contributed by atoms with E-state index in [0.29, 0.717) is 26.6 Å². The number of aryl methyl sites for hydroxylation is 2. The minimum Gasteiger partial charge on any atom is -0.484 e. The molecule has 4 rings (SSSR count). The highest BCUT2D eigenvalue weighted by molar-refractivity contribution is 7.92. The summed E-state index contributed by atoms with van der Waals surface area (Å²) in [4.78, 5) is 25.1. The van der Waals surface area contributed by atoms with E-state index in [1.807, 2.05) is 30.3 Å². The molecule has 0 aliphatic rings. The molecule has 4 aromatic rings. The Morgan fingerprint density at radius 3 is 2.44 bits per heavy atom. The van der Waals surface area contributed by atoms with Gasteiger partial charge in [-0.3, -0.25) is 9.48 Å². The predicted molar refractivity (Wildman–Crippen MR) is 128 cm³/mol. The molecular formula is C24H23N3O6S. The first-order valence-electron chi connectivity index (χ1n) is 10.4. The second kappa shape index (κ2) is 8.79. The molecule has 0 aliphatic heterocycles. The summed E-state index contributed by atoms with van der Waals surface area (Å²) in [6.45, 7) is 2.76. The summed E-state index contributed by atoms with van der Waals surface area (Å²) < 4.78 is 38.0. The molecule has 2 aromatic heterocycles. The van der Waals surface area contributed by atoms with Crippen LogP contribution in [0.25, 0.3) is 22.1 Å². The zero-order chi connectivity index (χ0) is 24.6. The Morgan fingerprint density at radius 2 is 1.82 bits per heavy atom. The lowest BCUT2D eigenvalue weighted by Crippen LogP contribution is -2.40. The number of carbonyl (C=O) groups is 1. The molecule has 2 heterocycles. The zero-order valence-electron chi connectivity index (χ0n) is 19.1. The summed E-state index contributed by atoms with van der Waals surface area (Å²) in [5.74, 6) is -0.524. The Labute approximate surface area is 196 Å². The quantitative estimate of drug-likeness (QED) is 0.389. The van der Waals surface area contributed by atoms with E-state index >= 15 is 0 Å². The van der Waals surface area contributed by atoms with Gasteiger partial charge in [0.1, 0.15) is 17.0 Å². The first kappa shape index (κ1) is 23.2. The van der Waals surface area contributed by atoms with Crippen LogP contribution in [-0.2, 0) is 21.9 Å². The lowest BCUT2D eigenvalue weighted by molar-refractivity contribution is -0.119. The summed E-state index contributed by atoms with van der Waals surface area (Å²) in [6.07, 6.45) is 0.951. The van der Waals surface area contributed by atoms with E-state index in [-0.39, 0.29) is 17.0 Å². The van der Waals surface area contributed by atoms with Crippen LogP contribution in [0.2, 0.25) is 0 Å². The van der Waals surface area contributed by atoms with E-state index in [4.69, 9.17) is 9.15 Å². The van der Waals surface area contributed by atoms with Crippen molar-refractivity contribution in [3.8, 4) is 16.9 Å². The number of amides is 1. The van der Waals surface area contributed by atoms with Gasteiger partial charge < -0.3 is 9.15 Å². The van der Waals surface area contributed by atoms with Crippen LogP contribution in [-0.4, -0.2) is 37.0 Å². The van der Waals surface area contributed by atoms with Gasteiger partial charge in [0.25, 0.3) is 5.91 Å². The van der Waals surface area contributed by atoms with Crippen molar-refractivity contribution in [2.45, 2.75) is 13.8 Å². The molecule has 10 heteroatoms. The average molecular weight is 482 g/mol. The van der Waals surface area contributed by atoms with Gasteiger partial charge in [0.2, 0.25) is 10.0 Å². The number of sulfonamides is 1. The number of rotatable bonds is 6. The normalized spacial score (nSPS) is 11.5. The number of hydrogen-bond acceptors (Lipinski definition) is 7. The Hall–Kier alpha value is -3.92. The summed E-state index contributed by atoms with van der Waals surface area (Å²) >= 11 is 0. The molecule has 2 aromatic carbocycles. The number of aromatic nitrogens is 2. The number of ether oxygens (including phenoxy) is 1. The standard InChI is InChI=1S/C24H23N3O6S/c1-15-24(16(2)26(3)25-15)27(34(4,30)31)22(28)14-32-18-10-11-19-20(17-8-6-5-7-9-17)13-23(29)33-21(19)12-18/h5-13H,14H2,1-4H3. The molecule has 0 saturated carbocycles. The molecule has 0 aliphatic carbocycles. The van der Waals surface area contributed by atoms with Crippen molar-refractivity contribution in [1.29, 1.82) is 0 Å². The predicted octanol–water partition coefficient (Wildman–Crippen LogP) is 3.18. The molecular weight excluding hydrogens is 458 g/mol. The molecule has 176 valence electrons. The Morgan fingerprint density at radius 1 is 1.12 bits per heavy atom. The number of hydrogen-bond donors (Lipinski definition) is 0. The number of benzene rings is 2. The van der Waals surface area contributed by atoms with E-state index < -0.39 is 28.2 Å². The summed E-state index contributed by atoms with van der Waals surface area (Å²) in [7, 11) is -2.27. The van der Waals surface area contributed by atoms with Gasteiger partial charge in [-0.25, -0.2) is 17.5 Å². The summed E-state index contributed by atoms with van der Waals surface area (Å²) in [6, 6.07) is 15.7. The van der Waals surface area contributed by atoms with Gasteiger partial charge in [0.05, 0.1) is 17.6 Å². The first-order chi connectivity index (χ1) is 16.1. The maximum absolute atomic E-state index is 12.9.